The quantitative estimate of drug-likeness (QED) is 0.783. The van der Waals surface area contributed by atoms with Crippen LogP contribution < -0.4 is 5.32 Å². The predicted molar refractivity (Wildman–Crippen MR) is 59.9 cm³/mol. The normalized spacial score (nSPS) is 21.0. The number of rotatable bonds is 2. The van der Waals surface area contributed by atoms with Gasteiger partial charge in [-0.2, -0.15) is 0 Å². The predicted octanol–water partition coefficient (Wildman–Crippen LogP) is 2.69. The van der Waals surface area contributed by atoms with Gasteiger partial charge in [0.05, 0.1) is 6.42 Å². The van der Waals surface area contributed by atoms with Crippen molar-refractivity contribution in [2.24, 2.45) is 5.92 Å². The summed E-state index contributed by atoms with van der Waals surface area (Å²) in [6.45, 7) is 2.28. The molecule has 1 saturated carbocycles. The monoisotopic (exact) mass is 201 g/mol. The fourth-order valence-corrected chi connectivity index (χ4v) is 2.51. The van der Waals surface area contributed by atoms with Crippen LogP contribution >= 0.6 is 0 Å². The Morgan fingerprint density at radius 3 is 2.93 bits per heavy atom. The Balaban J connectivity index is 2.01. The maximum atomic E-state index is 11.3. The first-order chi connectivity index (χ1) is 7.25. The molecule has 2 aliphatic rings. The molecular formula is C13H15NO. The number of amides is 1. The van der Waals surface area contributed by atoms with Crippen molar-refractivity contribution in [2.75, 3.05) is 5.32 Å². The molecule has 15 heavy (non-hydrogen) atoms. The van der Waals surface area contributed by atoms with Crippen LogP contribution in [0.2, 0.25) is 0 Å². The molecule has 1 unspecified atom stereocenters. The van der Waals surface area contributed by atoms with Crippen LogP contribution in [0.15, 0.2) is 18.2 Å². The van der Waals surface area contributed by atoms with Crippen LogP contribution in [0.3, 0.4) is 0 Å². The van der Waals surface area contributed by atoms with Gasteiger partial charge in [-0.3, -0.25) is 4.79 Å². The van der Waals surface area contributed by atoms with E-state index in [0.29, 0.717) is 12.3 Å². The zero-order chi connectivity index (χ0) is 10.4. The van der Waals surface area contributed by atoms with Gasteiger partial charge in [-0.1, -0.05) is 25.1 Å². The van der Waals surface area contributed by atoms with Gasteiger partial charge in [0.1, 0.15) is 0 Å². The molecule has 0 aromatic heterocycles. The zero-order valence-corrected chi connectivity index (χ0v) is 8.92. The topological polar surface area (TPSA) is 29.1 Å². The van der Waals surface area contributed by atoms with Crippen LogP contribution in [0.25, 0.3) is 0 Å². The molecule has 1 aromatic carbocycles. The second-order valence-corrected chi connectivity index (χ2v) is 4.73. The second-order valence-electron chi connectivity index (χ2n) is 4.73. The Kier molecular flexibility index (Phi) is 1.84. The van der Waals surface area contributed by atoms with Gasteiger partial charge in [-0.25, -0.2) is 0 Å². The molecule has 2 nitrogen and oxygen atoms in total. The Morgan fingerprint density at radius 1 is 1.40 bits per heavy atom. The third-order valence-corrected chi connectivity index (χ3v) is 3.62. The minimum Gasteiger partial charge on any atom is -0.325 e. The van der Waals surface area contributed by atoms with E-state index in [0.717, 1.165) is 11.6 Å². The van der Waals surface area contributed by atoms with Gasteiger partial charge >= 0.3 is 0 Å². The summed E-state index contributed by atoms with van der Waals surface area (Å²) in [5.74, 6) is 1.58. The lowest BCUT2D eigenvalue weighted by Crippen LogP contribution is -2.06. The minimum absolute atomic E-state index is 0.139. The molecular weight excluding hydrogens is 186 g/mol. The Morgan fingerprint density at radius 2 is 2.20 bits per heavy atom. The number of carbonyl (C=O) groups is 1. The van der Waals surface area contributed by atoms with Gasteiger partial charge in [-0.15, -0.1) is 0 Å². The minimum atomic E-state index is 0.139. The number of para-hydroxylation sites is 1. The van der Waals surface area contributed by atoms with Gasteiger partial charge in [-0.05, 0) is 35.8 Å². The first-order valence-corrected chi connectivity index (χ1v) is 5.67. The molecule has 0 radical (unpaired) electrons. The third kappa shape index (κ3) is 1.44. The SMILES string of the molecule is CC(c1cccc2c1NC(=O)C2)C1CC1. The van der Waals surface area contributed by atoms with Crippen LogP contribution in [-0.2, 0) is 11.2 Å². The summed E-state index contributed by atoms with van der Waals surface area (Å²) in [6.07, 6.45) is 3.25. The van der Waals surface area contributed by atoms with Gasteiger partial charge in [0.15, 0.2) is 0 Å². The van der Waals surface area contributed by atoms with Crippen LogP contribution in [0.1, 0.15) is 36.8 Å². The van der Waals surface area contributed by atoms with Crippen LogP contribution in [0.5, 0.6) is 0 Å². The van der Waals surface area contributed by atoms with Crippen molar-refractivity contribution in [2.45, 2.75) is 32.1 Å². The largest absolute Gasteiger partial charge is 0.325 e. The lowest BCUT2D eigenvalue weighted by Gasteiger charge is -2.14. The molecule has 0 spiro atoms. The number of benzene rings is 1. The van der Waals surface area contributed by atoms with Gasteiger partial charge < -0.3 is 5.32 Å². The lowest BCUT2D eigenvalue weighted by atomic mass is 9.93. The molecule has 1 amide bonds. The highest BCUT2D eigenvalue weighted by Gasteiger charge is 2.32. The van der Waals surface area contributed by atoms with Gasteiger partial charge in [0.2, 0.25) is 5.91 Å². The summed E-state index contributed by atoms with van der Waals surface area (Å²) in [7, 11) is 0. The molecule has 2 heteroatoms. The van der Waals surface area contributed by atoms with Crippen LogP contribution in [-0.4, -0.2) is 5.91 Å². The van der Waals surface area contributed by atoms with Crippen LogP contribution in [0, 0.1) is 5.92 Å². The van der Waals surface area contributed by atoms with E-state index in [1.807, 2.05) is 0 Å². The molecule has 78 valence electrons. The maximum absolute atomic E-state index is 11.3. The van der Waals surface area contributed by atoms with E-state index in [2.05, 4.69) is 30.4 Å². The van der Waals surface area contributed by atoms with Crippen molar-refractivity contribution in [3.8, 4) is 0 Å². The van der Waals surface area contributed by atoms with E-state index in [1.165, 1.54) is 24.0 Å². The number of carbonyl (C=O) groups excluding carboxylic acids is 1. The lowest BCUT2D eigenvalue weighted by molar-refractivity contribution is -0.115. The smallest absolute Gasteiger partial charge is 0.228 e. The molecule has 1 N–H and O–H groups in total. The highest BCUT2D eigenvalue weighted by Crippen LogP contribution is 2.45. The van der Waals surface area contributed by atoms with E-state index < -0.39 is 0 Å². The standard InChI is InChI=1S/C13H15NO/c1-8(9-5-6-9)11-4-2-3-10-7-12(15)14-13(10)11/h2-4,8-9H,5-7H2,1H3,(H,14,15). The van der Waals surface area contributed by atoms with Crippen molar-refractivity contribution in [1.82, 2.24) is 0 Å². The van der Waals surface area contributed by atoms with Gasteiger partial charge in [0.25, 0.3) is 0 Å². The number of fused-ring (bicyclic) bond motifs is 1. The van der Waals surface area contributed by atoms with Crippen molar-refractivity contribution >= 4 is 11.6 Å². The Hall–Kier alpha value is -1.31. The molecule has 1 aliphatic heterocycles. The average molecular weight is 201 g/mol. The molecule has 3 rings (SSSR count). The summed E-state index contributed by atoms with van der Waals surface area (Å²) < 4.78 is 0. The fourth-order valence-electron chi connectivity index (χ4n) is 2.51. The number of hydrogen-bond acceptors (Lipinski definition) is 1. The fraction of sp³-hybridized carbons (Fsp3) is 0.462. The zero-order valence-electron chi connectivity index (χ0n) is 8.92. The Labute approximate surface area is 89.7 Å². The van der Waals surface area contributed by atoms with Crippen LogP contribution in [0.4, 0.5) is 5.69 Å². The Bertz CT molecular complexity index is 421. The van der Waals surface area contributed by atoms with E-state index in [-0.39, 0.29) is 5.91 Å². The maximum Gasteiger partial charge on any atom is 0.228 e. The highest BCUT2D eigenvalue weighted by atomic mass is 16.1. The van der Waals surface area contributed by atoms with E-state index in [9.17, 15) is 4.79 Å². The van der Waals surface area contributed by atoms with Crippen molar-refractivity contribution in [3.63, 3.8) is 0 Å². The van der Waals surface area contributed by atoms with Crippen molar-refractivity contribution < 1.29 is 4.79 Å². The number of anilines is 1. The molecule has 1 aromatic rings. The molecule has 1 aliphatic carbocycles. The van der Waals surface area contributed by atoms with Crippen molar-refractivity contribution in [3.05, 3.63) is 29.3 Å². The molecule has 1 atom stereocenters. The van der Waals surface area contributed by atoms with E-state index >= 15 is 0 Å². The number of nitrogens with one attached hydrogen (secondary N) is 1. The molecule has 0 bridgehead atoms. The highest BCUT2D eigenvalue weighted by molar-refractivity contribution is 6.00. The third-order valence-electron chi connectivity index (χ3n) is 3.62. The summed E-state index contributed by atoms with van der Waals surface area (Å²) in [5, 5.41) is 2.99. The molecule has 0 saturated heterocycles. The summed E-state index contributed by atoms with van der Waals surface area (Å²) in [4.78, 5) is 11.3. The van der Waals surface area contributed by atoms with Crippen molar-refractivity contribution in [1.29, 1.82) is 0 Å². The van der Waals surface area contributed by atoms with E-state index in [4.69, 9.17) is 0 Å². The van der Waals surface area contributed by atoms with Gasteiger partial charge in [0, 0.05) is 5.69 Å². The summed E-state index contributed by atoms with van der Waals surface area (Å²) in [6, 6.07) is 6.29. The second kappa shape index (κ2) is 3.09. The number of hydrogen-bond donors (Lipinski definition) is 1. The first-order valence-electron chi connectivity index (χ1n) is 5.67. The summed E-state index contributed by atoms with van der Waals surface area (Å²) in [5.41, 5.74) is 3.60. The molecule has 1 fully saturated rings. The van der Waals surface area contributed by atoms with E-state index in [1.54, 1.807) is 0 Å². The average Bonchev–Trinajstić information content (AvgIpc) is 2.98. The molecule has 1 heterocycles. The first kappa shape index (κ1) is 8.96. The summed E-state index contributed by atoms with van der Waals surface area (Å²) >= 11 is 0.